The van der Waals surface area contributed by atoms with Crippen LogP contribution in [0.5, 0.6) is 0 Å². The van der Waals surface area contributed by atoms with E-state index >= 15 is 0 Å². The first-order valence-corrected chi connectivity index (χ1v) is 7.29. The Bertz CT molecular complexity index is 223. The molecule has 0 aliphatic carbocycles. The summed E-state index contributed by atoms with van der Waals surface area (Å²) in [6.07, 6.45) is 3.00. The summed E-state index contributed by atoms with van der Waals surface area (Å²) in [6.45, 7) is 6.61. The molecule has 94 valence electrons. The molecule has 16 heavy (non-hydrogen) atoms. The second kappa shape index (κ2) is 7.28. The lowest BCUT2D eigenvalue weighted by molar-refractivity contribution is -0.142. The molecular weight excluding hydrogens is 270 g/mol. The fourth-order valence-electron chi connectivity index (χ4n) is 1.97. The van der Waals surface area contributed by atoms with Gasteiger partial charge in [0.15, 0.2) is 0 Å². The highest BCUT2D eigenvalue weighted by atomic mass is 79.9. The molecule has 0 aromatic rings. The lowest BCUT2D eigenvalue weighted by atomic mass is 10.0. The van der Waals surface area contributed by atoms with Gasteiger partial charge >= 0.3 is 0 Å². The van der Waals surface area contributed by atoms with E-state index in [1.54, 1.807) is 0 Å². The topological polar surface area (TPSA) is 29.5 Å². The number of hydrogen-bond acceptors (Lipinski definition) is 2. The maximum Gasteiger partial charge on any atom is 0.252 e. The number of ether oxygens (including phenoxy) is 1. The first-order chi connectivity index (χ1) is 7.70. The molecule has 0 saturated carbocycles. The molecule has 3 nitrogen and oxygen atoms in total. The van der Waals surface area contributed by atoms with E-state index in [1.807, 2.05) is 4.90 Å². The summed E-state index contributed by atoms with van der Waals surface area (Å²) in [5.41, 5.74) is 0. The SMILES string of the molecule is CCCCN(CCBr)C(=O)C1OCCC1C. The largest absolute Gasteiger partial charge is 0.368 e. The van der Waals surface area contributed by atoms with E-state index in [2.05, 4.69) is 29.8 Å². The highest BCUT2D eigenvalue weighted by molar-refractivity contribution is 9.09. The van der Waals surface area contributed by atoms with E-state index < -0.39 is 0 Å². The molecule has 0 aromatic carbocycles. The Morgan fingerprint density at radius 1 is 1.50 bits per heavy atom. The van der Waals surface area contributed by atoms with Gasteiger partial charge in [-0.3, -0.25) is 4.79 Å². The van der Waals surface area contributed by atoms with Crippen LogP contribution in [0.1, 0.15) is 33.1 Å². The first-order valence-electron chi connectivity index (χ1n) is 6.17. The molecular formula is C12H22BrNO2. The molecule has 0 aromatic heterocycles. The fraction of sp³-hybridized carbons (Fsp3) is 0.917. The van der Waals surface area contributed by atoms with Crippen molar-refractivity contribution in [2.45, 2.75) is 39.2 Å². The number of carbonyl (C=O) groups excluding carboxylic acids is 1. The van der Waals surface area contributed by atoms with Crippen LogP contribution in [-0.2, 0) is 9.53 Å². The summed E-state index contributed by atoms with van der Waals surface area (Å²) >= 11 is 3.40. The lowest BCUT2D eigenvalue weighted by Gasteiger charge is -2.26. The van der Waals surface area contributed by atoms with Crippen molar-refractivity contribution in [3.63, 3.8) is 0 Å². The molecule has 1 fully saturated rings. The molecule has 4 heteroatoms. The van der Waals surface area contributed by atoms with E-state index in [9.17, 15) is 4.79 Å². The van der Waals surface area contributed by atoms with Crippen molar-refractivity contribution >= 4 is 21.8 Å². The van der Waals surface area contributed by atoms with Crippen molar-refractivity contribution in [1.82, 2.24) is 4.90 Å². The third-order valence-electron chi connectivity index (χ3n) is 3.08. The van der Waals surface area contributed by atoms with Crippen LogP contribution < -0.4 is 0 Å². The molecule has 1 heterocycles. The highest BCUT2D eigenvalue weighted by Gasteiger charge is 2.33. The third kappa shape index (κ3) is 3.74. The molecule has 0 spiro atoms. The first kappa shape index (κ1) is 14.0. The van der Waals surface area contributed by atoms with Crippen LogP contribution in [-0.4, -0.2) is 41.9 Å². The Morgan fingerprint density at radius 3 is 2.75 bits per heavy atom. The molecule has 1 aliphatic heterocycles. The van der Waals surface area contributed by atoms with E-state index in [0.717, 1.165) is 44.3 Å². The van der Waals surface area contributed by atoms with Crippen molar-refractivity contribution < 1.29 is 9.53 Å². The normalized spacial score (nSPS) is 24.7. The van der Waals surface area contributed by atoms with Crippen LogP contribution in [0, 0.1) is 5.92 Å². The van der Waals surface area contributed by atoms with Gasteiger partial charge in [-0.25, -0.2) is 0 Å². The van der Waals surface area contributed by atoms with Crippen LogP contribution >= 0.6 is 15.9 Å². The Labute approximate surface area is 107 Å². The van der Waals surface area contributed by atoms with Gasteiger partial charge in [0.05, 0.1) is 0 Å². The Balaban J connectivity index is 2.51. The van der Waals surface area contributed by atoms with Gasteiger partial charge in [-0.15, -0.1) is 0 Å². The predicted octanol–water partition coefficient (Wildman–Crippen LogP) is 2.44. The van der Waals surface area contributed by atoms with Gasteiger partial charge in [-0.1, -0.05) is 36.2 Å². The van der Waals surface area contributed by atoms with Crippen molar-refractivity contribution in [1.29, 1.82) is 0 Å². The molecule has 2 unspecified atom stereocenters. The van der Waals surface area contributed by atoms with Crippen LogP contribution in [0.25, 0.3) is 0 Å². The summed E-state index contributed by atoms with van der Waals surface area (Å²) < 4.78 is 5.53. The van der Waals surface area contributed by atoms with Gasteiger partial charge in [0.25, 0.3) is 5.91 Å². The predicted molar refractivity (Wildman–Crippen MR) is 68.8 cm³/mol. The van der Waals surface area contributed by atoms with Gasteiger partial charge < -0.3 is 9.64 Å². The second-order valence-corrected chi connectivity index (χ2v) is 5.22. The number of nitrogens with zero attached hydrogens (tertiary/aromatic N) is 1. The standard InChI is InChI=1S/C12H22BrNO2/c1-3-4-7-14(8-6-13)12(15)11-10(2)5-9-16-11/h10-11H,3-9H2,1-2H3. The average Bonchev–Trinajstić information content (AvgIpc) is 2.69. The van der Waals surface area contributed by atoms with Gasteiger partial charge in [-0.05, 0) is 18.8 Å². The molecule has 1 rings (SSSR count). The fourth-order valence-corrected chi connectivity index (χ4v) is 2.40. The zero-order chi connectivity index (χ0) is 12.0. The number of unbranched alkanes of at least 4 members (excludes halogenated alkanes) is 1. The minimum atomic E-state index is -0.198. The van der Waals surface area contributed by atoms with Crippen LogP contribution in [0.15, 0.2) is 0 Å². The Morgan fingerprint density at radius 2 is 2.25 bits per heavy atom. The highest BCUT2D eigenvalue weighted by Crippen LogP contribution is 2.22. The molecule has 0 N–H and O–H groups in total. The van der Waals surface area contributed by atoms with Crippen LogP contribution in [0.4, 0.5) is 0 Å². The molecule has 2 atom stereocenters. The van der Waals surface area contributed by atoms with Crippen molar-refractivity contribution in [3.8, 4) is 0 Å². The van der Waals surface area contributed by atoms with E-state index in [0.29, 0.717) is 5.92 Å². The minimum absolute atomic E-state index is 0.179. The minimum Gasteiger partial charge on any atom is -0.368 e. The number of hydrogen-bond donors (Lipinski definition) is 0. The van der Waals surface area contributed by atoms with Crippen molar-refractivity contribution in [2.24, 2.45) is 5.92 Å². The van der Waals surface area contributed by atoms with Crippen LogP contribution in [0.3, 0.4) is 0 Å². The van der Waals surface area contributed by atoms with Gasteiger partial charge in [0, 0.05) is 25.0 Å². The smallest absolute Gasteiger partial charge is 0.252 e. The number of alkyl halides is 1. The summed E-state index contributed by atoms with van der Waals surface area (Å²) in [5, 5.41) is 0.837. The molecule has 1 amide bonds. The number of halogens is 1. The van der Waals surface area contributed by atoms with Gasteiger partial charge in [0.2, 0.25) is 0 Å². The number of carbonyl (C=O) groups is 1. The quantitative estimate of drug-likeness (QED) is 0.704. The molecule has 1 saturated heterocycles. The maximum absolute atomic E-state index is 12.2. The van der Waals surface area contributed by atoms with Crippen LogP contribution in [0.2, 0.25) is 0 Å². The molecule has 0 radical (unpaired) electrons. The maximum atomic E-state index is 12.2. The summed E-state index contributed by atoms with van der Waals surface area (Å²) in [5.74, 6) is 0.546. The third-order valence-corrected chi connectivity index (χ3v) is 3.43. The molecule has 0 bridgehead atoms. The lowest BCUT2D eigenvalue weighted by Crippen LogP contribution is -2.42. The van der Waals surface area contributed by atoms with Gasteiger partial charge in [-0.2, -0.15) is 0 Å². The van der Waals surface area contributed by atoms with E-state index in [1.165, 1.54) is 0 Å². The summed E-state index contributed by atoms with van der Waals surface area (Å²) in [6, 6.07) is 0. The Kier molecular flexibility index (Phi) is 6.36. The second-order valence-electron chi connectivity index (χ2n) is 4.43. The van der Waals surface area contributed by atoms with Gasteiger partial charge in [0.1, 0.15) is 6.10 Å². The summed E-state index contributed by atoms with van der Waals surface area (Å²) in [7, 11) is 0. The van der Waals surface area contributed by atoms with E-state index in [-0.39, 0.29) is 12.0 Å². The summed E-state index contributed by atoms with van der Waals surface area (Å²) in [4.78, 5) is 14.2. The number of rotatable bonds is 6. The number of amides is 1. The monoisotopic (exact) mass is 291 g/mol. The van der Waals surface area contributed by atoms with Crippen molar-refractivity contribution in [3.05, 3.63) is 0 Å². The molecule has 1 aliphatic rings. The Hall–Kier alpha value is -0.0900. The average molecular weight is 292 g/mol. The zero-order valence-corrected chi connectivity index (χ0v) is 11.8. The van der Waals surface area contributed by atoms with Crippen molar-refractivity contribution in [2.75, 3.05) is 25.0 Å². The zero-order valence-electron chi connectivity index (χ0n) is 10.2. The van der Waals surface area contributed by atoms with E-state index in [4.69, 9.17) is 4.74 Å².